The van der Waals surface area contributed by atoms with Crippen molar-refractivity contribution in [2.45, 2.75) is 50.7 Å². The van der Waals surface area contributed by atoms with Gasteiger partial charge in [-0.15, -0.1) is 0 Å². The van der Waals surface area contributed by atoms with Crippen molar-refractivity contribution in [2.24, 2.45) is 0 Å². The van der Waals surface area contributed by atoms with Gasteiger partial charge in [0.15, 0.2) is 5.69 Å². The molecule has 1 aliphatic carbocycles. The Morgan fingerprint density at radius 2 is 2.33 bits per heavy atom. The lowest BCUT2D eigenvalue weighted by Crippen LogP contribution is -2.40. The summed E-state index contributed by atoms with van der Waals surface area (Å²) < 4.78 is 10.7. The van der Waals surface area contributed by atoms with Crippen LogP contribution in [0, 0.1) is 0 Å². The quantitative estimate of drug-likeness (QED) is 0.885. The first-order valence-electron chi connectivity index (χ1n) is 6.63. The fraction of sp³-hybridized carbons (Fsp3) is 0.692. The van der Waals surface area contributed by atoms with Crippen molar-refractivity contribution in [3.63, 3.8) is 0 Å². The van der Waals surface area contributed by atoms with E-state index < -0.39 is 0 Å². The van der Waals surface area contributed by atoms with E-state index in [9.17, 15) is 4.79 Å². The molecule has 2 aliphatic rings. The molecule has 2 atom stereocenters. The molecule has 0 aromatic carbocycles. The number of nitrogens with zero attached hydrogens (tertiary/aromatic N) is 1. The Balaban J connectivity index is 1.59. The van der Waals surface area contributed by atoms with E-state index in [0.29, 0.717) is 11.6 Å². The molecule has 2 heterocycles. The summed E-state index contributed by atoms with van der Waals surface area (Å²) >= 11 is 0. The van der Waals surface area contributed by atoms with Gasteiger partial charge in [-0.3, -0.25) is 4.79 Å². The van der Waals surface area contributed by atoms with Gasteiger partial charge < -0.3 is 14.6 Å². The fourth-order valence-corrected chi connectivity index (χ4v) is 2.33. The van der Waals surface area contributed by atoms with E-state index in [1.807, 2.05) is 6.92 Å². The van der Waals surface area contributed by atoms with E-state index in [1.165, 1.54) is 0 Å². The number of hydrogen-bond acceptors (Lipinski definition) is 4. The van der Waals surface area contributed by atoms with Crippen LogP contribution in [-0.2, 0) is 4.74 Å². The first kappa shape index (κ1) is 11.7. The second-order valence-corrected chi connectivity index (χ2v) is 5.20. The van der Waals surface area contributed by atoms with Crippen molar-refractivity contribution >= 4 is 5.91 Å². The van der Waals surface area contributed by atoms with Crippen LogP contribution in [0.4, 0.5) is 0 Å². The minimum absolute atomic E-state index is 0.0149. The molecule has 0 bridgehead atoms. The summed E-state index contributed by atoms with van der Waals surface area (Å²) in [6, 6.07) is 1.77. The van der Waals surface area contributed by atoms with E-state index in [4.69, 9.17) is 9.26 Å². The van der Waals surface area contributed by atoms with E-state index in [1.54, 1.807) is 6.07 Å². The second kappa shape index (κ2) is 4.72. The molecule has 2 unspecified atom stereocenters. The lowest BCUT2D eigenvalue weighted by molar-refractivity contribution is 0.0707. The molecular weight excluding hydrogens is 232 g/mol. The monoisotopic (exact) mass is 250 g/mol. The third-order valence-electron chi connectivity index (χ3n) is 3.62. The van der Waals surface area contributed by atoms with Crippen LogP contribution in [0.15, 0.2) is 10.6 Å². The standard InChI is InChI=1S/C13H18N2O3/c1-8(11-3-2-6-17-11)14-13(16)10-7-12(18-15-10)9-4-5-9/h7-9,11H,2-6H2,1H3,(H,14,16). The van der Waals surface area contributed by atoms with Gasteiger partial charge in [0.25, 0.3) is 5.91 Å². The molecule has 1 aromatic heterocycles. The second-order valence-electron chi connectivity index (χ2n) is 5.20. The molecule has 1 aliphatic heterocycles. The van der Waals surface area contributed by atoms with Gasteiger partial charge in [0.05, 0.1) is 12.1 Å². The molecule has 1 aromatic rings. The van der Waals surface area contributed by atoms with Crippen LogP contribution in [0.5, 0.6) is 0 Å². The molecule has 5 nitrogen and oxygen atoms in total. The molecule has 5 heteroatoms. The largest absolute Gasteiger partial charge is 0.376 e. The lowest BCUT2D eigenvalue weighted by atomic mass is 10.1. The van der Waals surface area contributed by atoms with Crippen molar-refractivity contribution in [3.8, 4) is 0 Å². The molecule has 3 rings (SSSR count). The molecule has 1 saturated heterocycles. The van der Waals surface area contributed by atoms with E-state index in [0.717, 1.165) is 38.1 Å². The zero-order valence-corrected chi connectivity index (χ0v) is 10.5. The first-order valence-corrected chi connectivity index (χ1v) is 6.63. The Bertz CT molecular complexity index is 433. The third kappa shape index (κ3) is 2.41. The normalized spacial score (nSPS) is 25.1. The topological polar surface area (TPSA) is 64.4 Å². The van der Waals surface area contributed by atoms with Gasteiger partial charge in [-0.25, -0.2) is 0 Å². The van der Waals surface area contributed by atoms with Crippen molar-refractivity contribution < 1.29 is 14.1 Å². The summed E-state index contributed by atoms with van der Waals surface area (Å²) in [5.41, 5.74) is 0.377. The molecule has 1 amide bonds. The summed E-state index contributed by atoms with van der Waals surface area (Å²) in [4.78, 5) is 12.0. The van der Waals surface area contributed by atoms with Gasteiger partial charge in [0.1, 0.15) is 5.76 Å². The van der Waals surface area contributed by atoms with Gasteiger partial charge in [-0.1, -0.05) is 5.16 Å². The highest BCUT2D eigenvalue weighted by molar-refractivity contribution is 5.92. The number of rotatable bonds is 4. The Kier molecular flexibility index (Phi) is 3.07. The third-order valence-corrected chi connectivity index (χ3v) is 3.62. The Morgan fingerprint density at radius 3 is 3.00 bits per heavy atom. The maximum Gasteiger partial charge on any atom is 0.273 e. The van der Waals surface area contributed by atoms with Gasteiger partial charge in [0, 0.05) is 18.6 Å². The Labute approximate surface area is 106 Å². The smallest absolute Gasteiger partial charge is 0.273 e. The summed E-state index contributed by atoms with van der Waals surface area (Å²) in [7, 11) is 0. The molecule has 98 valence electrons. The highest BCUT2D eigenvalue weighted by Crippen LogP contribution is 2.40. The summed E-state index contributed by atoms with van der Waals surface area (Å²) in [6.07, 6.45) is 4.49. The van der Waals surface area contributed by atoms with Gasteiger partial charge >= 0.3 is 0 Å². The molecule has 0 spiro atoms. The summed E-state index contributed by atoms with van der Waals surface area (Å²) in [6.45, 7) is 2.76. The SMILES string of the molecule is CC(NC(=O)c1cc(C2CC2)on1)C1CCCO1. The van der Waals surface area contributed by atoms with E-state index >= 15 is 0 Å². The number of amides is 1. The fourth-order valence-electron chi connectivity index (χ4n) is 2.33. The number of carbonyl (C=O) groups excluding carboxylic acids is 1. The molecule has 18 heavy (non-hydrogen) atoms. The molecule has 1 N–H and O–H groups in total. The zero-order chi connectivity index (χ0) is 12.5. The molecule has 0 radical (unpaired) electrons. The van der Waals surface area contributed by atoms with Crippen LogP contribution in [0.2, 0.25) is 0 Å². The minimum Gasteiger partial charge on any atom is -0.376 e. The van der Waals surface area contributed by atoms with Crippen LogP contribution in [0.1, 0.15) is 54.8 Å². The van der Waals surface area contributed by atoms with Crippen LogP contribution in [-0.4, -0.2) is 29.8 Å². The Morgan fingerprint density at radius 1 is 1.50 bits per heavy atom. The van der Waals surface area contributed by atoms with Crippen molar-refractivity contribution in [3.05, 3.63) is 17.5 Å². The minimum atomic E-state index is -0.173. The average molecular weight is 250 g/mol. The van der Waals surface area contributed by atoms with Crippen molar-refractivity contribution in [2.75, 3.05) is 6.61 Å². The van der Waals surface area contributed by atoms with Crippen molar-refractivity contribution in [1.82, 2.24) is 10.5 Å². The number of nitrogens with one attached hydrogen (secondary N) is 1. The van der Waals surface area contributed by atoms with Crippen LogP contribution >= 0.6 is 0 Å². The lowest BCUT2D eigenvalue weighted by Gasteiger charge is -2.19. The summed E-state index contributed by atoms with van der Waals surface area (Å²) in [5.74, 6) is 1.15. The number of aromatic nitrogens is 1. The Hall–Kier alpha value is -1.36. The van der Waals surface area contributed by atoms with Crippen LogP contribution in [0.3, 0.4) is 0 Å². The van der Waals surface area contributed by atoms with E-state index in [2.05, 4.69) is 10.5 Å². The maximum atomic E-state index is 12.0. The zero-order valence-electron chi connectivity index (χ0n) is 10.5. The predicted octanol–water partition coefficient (Wildman–Crippen LogP) is 1.85. The van der Waals surface area contributed by atoms with Gasteiger partial charge in [-0.2, -0.15) is 0 Å². The first-order chi connectivity index (χ1) is 8.74. The molecular formula is C13H18N2O3. The number of hydrogen-bond donors (Lipinski definition) is 1. The highest BCUT2D eigenvalue weighted by atomic mass is 16.5. The van der Waals surface area contributed by atoms with Crippen molar-refractivity contribution in [1.29, 1.82) is 0 Å². The van der Waals surface area contributed by atoms with Gasteiger partial charge in [-0.05, 0) is 32.6 Å². The maximum absolute atomic E-state index is 12.0. The summed E-state index contributed by atoms with van der Waals surface area (Å²) in [5, 5.41) is 6.75. The van der Waals surface area contributed by atoms with Crippen LogP contribution < -0.4 is 5.32 Å². The van der Waals surface area contributed by atoms with Gasteiger partial charge in [0.2, 0.25) is 0 Å². The van der Waals surface area contributed by atoms with E-state index in [-0.39, 0.29) is 18.1 Å². The predicted molar refractivity (Wildman–Crippen MR) is 64.4 cm³/mol. The highest BCUT2D eigenvalue weighted by Gasteiger charge is 2.30. The number of ether oxygens (including phenoxy) is 1. The number of carbonyl (C=O) groups is 1. The van der Waals surface area contributed by atoms with Crippen LogP contribution in [0.25, 0.3) is 0 Å². The molecule has 2 fully saturated rings. The average Bonchev–Trinajstić information content (AvgIpc) is 2.91. The molecule has 1 saturated carbocycles.